The number of benzene rings is 2. The van der Waals surface area contributed by atoms with Gasteiger partial charge >= 0.3 is 11.9 Å². The highest BCUT2D eigenvalue weighted by atomic mass is 16.6. The van der Waals surface area contributed by atoms with Gasteiger partial charge in [-0.25, -0.2) is 24.7 Å². The summed E-state index contributed by atoms with van der Waals surface area (Å²) < 4.78 is 35.1. The minimum atomic E-state index is -1.68. The molecule has 15 heteroatoms. The minimum absolute atomic E-state index is 0.0697. The van der Waals surface area contributed by atoms with Crippen molar-refractivity contribution in [1.29, 1.82) is 0 Å². The molecule has 0 saturated heterocycles. The summed E-state index contributed by atoms with van der Waals surface area (Å²) in [6.07, 6.45) is 10.2. The highest BCUT2D eigenvalue weighted by Gasteiger charge is 2.41. The van der Waals surface area contributed by atoms with Crippen molar-refractivity contribution in [3.05, 3.63) is 95.1 Å². The molecule has 2 aliphatic heterocycles. The van der Waals surface area contributed by atoms with E-state index in [4.69, 9.17) is 38.4 Å². The number of aliphatic hydroxyl groups excluding tert-OH is 1. The Morgan fingerprint density at radius 1 is 0.661 bits per heavy atom. The summed E-state index contributed by atoms with van der Waals surface area (Å²) >= 11 is 0. The van der Waals surface area contributed by atoms with Crippen molar-refractivity contribution < 1.29 is 43.1 Å². The second-order valence-electron chi connectivity index (χ2n) is 15.1. The zero-order chi connectivity index (χ0) is 41.0. The van der Waals surface area contributed by atoms with Crippen LogP contribution in [-0.2, 0) is 19.1 Å². The maximum Gasteiger partial charge on any atom is 0.335 e. The lowest BCUT2D eigenvalue weighted by atomic mass is 9.74. The third kappa shape index (κ3) is 8.20. The van der Waals surface area contributed by atoms with Crippen molar-refractivity contribution in [3.8, 4) is 23.0 Å². The number of aromatic nitrogens is 4. The van der Waals surface area contributed by atoms with E-state index in [1.165, 1.54) is 12.7 Å². The first-order valence-electron chi connectivity index (χ1n) is 20.2. The van der Waals surface area contributed by atoms with Gasteiger partial charge < -0.3 is 33.5 Å². The molecule has 0 bridgehead atoms. The van der Waals surface area contributed by atoms with Crippen molar-refractivity contribution in [1.82, 2.24) is 19.9 Å². The van der Waals surface area contributed by atoms with Crippen LogP contribution in [0.3, 0.4) is 0 Å². The lowest BCUT2D eigenvalue weighted by Crippen LogP contribution is -2.39. The van der Waals surface area contributed by atoms with Gasteiger partial charge in [0.2, 0.25) is 0 Å². The van der Waals surface area contributed by atoms with E-state index in [0.29, 0.717) is 74.7 Å². The maximum atomic E-state index is 13.3. The zero-order valence-electron chi connectivity index (χ0n) is 33.6. The van der Waals surface area contributed by atoms with Crippen molar-refractivity contribution >= 4 is 23.4 Å². The molecule has 0 spiro atoms. The van der Waals surface area contributed by atoms with Gasteiger partial charge in [0, 0.05) is 58.9 Å². The number of esters is 2. The van der Waals surface area contributed by atoms with Crippen molar-refractivity contribution in [2.45, 2.75) is 101 Å². The Hall–Kier alpha value is -5.96. The number of rotatable bonds is 13. The van der Waals surface area contributed by atoms with E-state index in [1.807, 2.05) is 38.1 Å². The third-order valence-electron chi connectivity index (χ3n) is 11.6. The van der Waals surface area contributed by atoms with E-state index >= 15 is 0 Å². The van der Waals surface area contributed by atoms with Crippen LogP contribution in [-0.4, -0.2) is 106 Å². The number of hydrogen-bond acceptors (Lipinski definition) is 15. The zero-order valence-corrected chi connectivity index (χ0v) is 33.6. The van der Waals surface area contributed by atoms with Crippen LogP contribution < -0.4 is 18.9 Å². The van der Waals surface area contributed by atoms with Crippen LogP contribution in [0.1, 0.15) is 104 Å². The van der Waals surface area contributed by atoms with E-state index in [-0.39, 0.29) is 23.9 Å². The molecule has 0 radical (unpaired) electrons. The Morgan fingerprint density at radius 3 is 1.56 bits per heavy atom. The molecular formula is C44H48N6O9. The fourth-order valence-corrected chi connectivity index (χ4v) is 8.95. The molecule has 2 aromatic carbocycles. The fourth-order valence-electron chi connectivity index (χ4n) is 8.95. The number of aliphatic imine (C=N–C) groups is 2. The maximum absolute atomic E-state index is 13.3. The average molecular weight is 805 g/mol. The Bertz CT molecular complexity index is 2240. The van der Waals surface area contributed by atoms with Crippen molar-refractivity contribution in [2.75, 3.05) is 27.4 Å². The van der Waals surface area contributed by atoms with Crippen LogP contribution in [0.5, 0.6) is 23.0 Å². The fraction of sp³-hybridized carbons (Fsp3) is 0.455. The smallest absolute Gasteiger partial charge is 0.335 e. The number of carbonyl (C=O) groups excluding carboxylic acids is 2. The van der Waals surface area contributed by atoms with Crippen LogP contribution in [0.4, 0.5) is 0 Å². The summed E-state index contributed by atoms with van der Waals surface area (Å²) in [5, 5.41) is 10.9. The molecule has 2 fully saturated rings. The first kappa shape index (κ1) is 39.8. The Morgan fingerprint density at radius 2 is 1.12 bits per heavy atom. The van der Waals surface area contributed by atoms with Crippen LogP contribution >= 0.6 is 0 Å². The van der Waals surface area contributed by atoms with Crippen LogP contribution in [0.15, 0.2) is 71.7 Å². The van der Waals surface area contributed by atoms with Gasteiger partial charge in [-0.1, -0.05) is 0 Å². The van der Waals surface area contributed by atoms with Crippen LogP contribution in [0.25, 0.3) is 0 Å². The lowest BCUT2D eigenvalue weighted by molar-refractivity contribution is -0.167. The van der Waals surface area contributed by atoms with E-state index < -0.39 is 36.7 Å². The number of nitrogens with zero attached hydrogens (tertiary/aromatic N) is 6. The number of ether oxygens (including phenoxy) is 6. The molecule has 2 saturated carbocycles. The van der Waals surface area contributed by atoms with Crippen LogP contribution in [0, 0.1) is 0 Å². The van der Waals surface area contributed by atoms with Gasteiger partial charge in [-0.3, -0.25) is 14.8 Å². The molecule has 7 atom stereocenters. The number of carbonyl (C=O) groups is 2. The number of methoxy groups -OCH3 is 2. The highest BCUT2D eigenvalue weighted by molar-refractivity contribution is 6.15. The van der Waals surface area contributed by atoms with Crippen molar-refractivity contribution in [2.24, 2.45) is 9.98 Å². The average Bonchev–Trinajstić information content (AvgIpc) is 3.26. The SMILES string of the molecule is CCOc1cc2c(cc1OC)C(c1cncnc1)=N[C@H]1CC[C@H](OC(=O)CC(O)C(=O)O[C@H]3CC[C@@H]4N=C(c5cncnc5)c5cc(OC)c(OCC)cc5[C@@H]4C3)C[C@@H]21. The molecule has 2 aliphatic carbocycles. The molecule has 4 heterocycles. The Balaban J connectivity index is 0.926. The second kappa shape index (κ2) is 17.5. The van der Waals surface area contributed by atoms with Crippen LogP contribution in [0.2, 0.25) is 0 Å². The molecular weight excluding hydrogens is 757 g/mol. The van der Waals surface area contributed by atoms with E-state index in [0.717, 1.165) is 44.8 Å². The van der Waals surface area contributed by atoms with Crippen molar-refractivity contribution in [3.63, 3.8) is 0 Å². The first-order chi connectivity index (χ1) is 28.8. The molecule has 0 amide bonds. The normalized spacial score (nSPS) is 23.4. The summed E-state index contributed by atoms with van der Waals surface area (Å²) in [5.74, 6) is 0.711. The van der Waals surface area contributed by atoms with Gasteiger partial charge in [0.15, 0.2) is 29.1 Å². The molecule has 308 valence electrons. The monoisotopic (exact) mass is 804 g/mol. The molecule has 4 aromatic rings. The number of fused-ring (bicyclic) bond motifs is 6. The molecule has 1 unspecified atom stereocenters. The number of hydrogen-bond donors (Lipinski definition) is 1. The molecule has 8 rings (SSSR count). The van der Waals surface area contributed by atoms with Gasteiger partial charge in [-0.15, -0.1) is 0 Å². The quantitative estimate of drug-likeness (QED) is 0.171. The Kier molecular flexibility index (Phi) is 11.8. The first-order valence-corrected chi connectivity index (χ1v) is 20.2. The number of aliphatic hydroxyl groups is 1. The summed E-state index contributed by atoms with van der Waals surface area (Å²) in [5.41, 5.74) is 6.88. The van der Waals surface area contributed by atoms with Gasteiger partial charge in [0.25, 0.3) is 0 Å². The lowest BCUT2D eigenvalue weighted by Gasteiger charge is -2.39. The third-order valence-corrected chi connectivity index (χ3v) is 11.6. The topological polar surface area (TPSA) is 186 Å². The highest BCUT2D eigenvalue weighted by Crippen LogP contribution is 2.47. The van der Waals surface area contributed by atoms with Gasteiger partial charge in [-0.2, -0.15) is 0 Å². The predicted molar refractivity (Wildman–Crippen MR) is 215 cm³/mol. The van der Waals surface area contributed by atoms with E-state index in [2.05, 4.69) is 19.9 Å². The molecule has 4 aliphatic rings. The summed E-state index contributed by atoms with van der Waals surface area (Å²) in [7, 11) is 3.20. The molecule has 2 aromatic heterocycles. The van der Waals surface area contributed by atoms with Gasteiger partial charge in [0.05, 0.1) is 57.4 Å². The van der Waals surface area contributed by atoms with Gasteiger partial charge in [0.1, 0.15) is 24.9 Å². The Labute approximate surface area is 342 Å². The van der Waals surface area contributed by atoms with E-state index in [1.54, 1.807) is 39.0 Å². The largest absolute Gasteiger partial charge is 0.493 e. The van der Waals surface area contributed by atoms with Gasteiger partial charge in [-0.05, 0) is 87.8 Å². The molecule has 1 N–H and O–H groups in total. The summed E-state index contributed by atoms with van der Waals surface area (Å²) in [6, 6.07) is 7.68. The standard InChI is InChI=1S/C44H48N6O9/c1-5-56-39-13-28-30-11-26(7-9-34(30)49-42(24-18-45-22-46-19-24)32(28)15-37(39)54-3)58-41(52)17-36(51)44(53)59-27-8-10-35-31(12-27)29-14-40(57-6-2)38(55-4)16-33(29)43(50-35)25-20-47-23-48-21-25/h13-16,18-23,26-27,30-31,34-36,51H,5-12,17H2,1-4H3/t26-,27-,30-,31-,34-,35-,36?/m0/s1. The van der Waals surface area contributed by atoms with E-state index in [9.17, 15) is 14.7 Å². The minimum Gasteiger partial charge on any atom is -0.493 e. The summed E-state index contributed by atoms with van der Waals surface area (Å²) in [6.45, 7) is 4.75. The molecule has 59 heavy (non-hydrogen) atoms. The predicted octanol–water partition coefficient (Wildman–Crippen LogP) is 5.33. The molecule has 15 nitrogen and oxygen atoms in total. The summed E-state index contributed by atoms with van der Waals surface area (Å²) in [4.78, 5) is 53.8. The second-order valence-corrected chi connectivity index (χ2v) is 15.1.